The number of carbonyl (C=O) groups excluding carboxylic acids is 1. The number of nitrogens with zero attached hydrogens (tertiary/aromatic N) is 3. The first-order valence-corrected chi connectivity index (χ1v) is 12.1. The summed E-state index contributed by atoms with van der Waals surface area (Å²) in [5.74, 6) is -0.0330. The van der Waals surface area contributed by atoms with Crippen molar-refractivity contribution in [3.8, 4) is 0 Å². The predicted molar refractivity (Wildman–Crippen MR) is 130 cm³/mol. The molecule has 10 heteroatoms. The minimum atomic E-state index is -0.152. The summed E-state index contributed by atoms with van der Waals surface area (Å²) >= 11 is 13.0. The summed E-state index contributed by atoms with van der Waals surface area (Å²) < 4.78 is 7.75. The number of piperazine rings is 1. The molecule has 0 radical (unpaired) electrons. The van der Waals surface area contributed by atoms with Gasteiger partial charge in [-0.1, -0.05) is 11.6 Å². The Morgan fingerprint density at radius 3 is 2.69 bits per heavy atom. The molecule has 1 N–H and O–H groups in total. The van der Waals surface area contributed by atoms with Crippen LogP contribution in [0.5, 0.6) is 0 Å². The zero-order valence-electron chi connectivity index (χ0n) is 17.8. The molecule has 0 bridgehead atoms. The fourth-order valence-corrected chi connectivity index (χ4v) is 5.32. The van der Waals surface area contributed by atoms with Gasteiger partial charge in [-0.3, -0.25) is 19.1 Å². The van der Waals surface area contributed by atoms with Crippen molar-refractivity contribution in [1.29, 1.82) is 0 Å². The Morgan fingerprint density at radius 1 is 1.22 bits per heavy atom. The van der Waals surface area contributed by atoms with Gasteiger partial charge in [0.2, 0.25) is 0 Å². The SMILES string of the molecule is COCCCn1c(=S)[nH]c2cc(C(=O)N3CCN(Cc4ccc(Cl)s4)CC3)ccc2c1=O. The van der Waals surface area contributed by atoms with E-state index in [-0.39, 0.29) is 11.5 Å². The highest BCUT2D eigenvalue weighted by molar-refractivity contribution is 7.71. The zero-order valence-corrected chi connectivity index (χ0v) is 20.2. The number of ether oxygens (including phenoxy) is 1. The third-order valence-electron chi connectivity index (χ3n) is 5.63. The molecule has 1 amide bonds. The molecule has 32 heavy (non-hydrogen) atoms. The normalized spacial score (nSPS) is 14.9. The maximum absolute atomic E-state index is 13.1. The van der Waals surface area contributed by atoms with Gasteiger partial charge in [0.05, 0.1) is 15.2 Å². The van der Waals surface area contributed by atoms with Gasteiger partial charge in [-0.05, 0) is 49.0 Å². The molecule has 4 rings (SSSR count). The van der Waals surface area contributed by atoms with Gasteiger partial charge in [0.15, 0.2) is 4.77 Å². The lowest BCUT2D eigenvalue weighted by molar-refractivity contribution is 0.0630. The van der Waals surface area contributed by atoms with E-state index in [1.807, 2.05) is 11.0 Å². The predicted octanol–water partition coefficient (Wildman–Crippen LogP) is 3.77. The first kappa shape index (κ1) is 23.1. The van der Waals surface area contributed by atoms with Crippen molar-refractivity contribution in [1.82, 2.24) is 19.4 Å². The Bertz CT molecular complexity index is 1230. The molecule has 7 nitrogen and oxygen atoms in total. The molecule has 0 unspecified atom stereocenters. The molecule has 1 aromatic carbocycles. The van der Waals surface area contributed by atoms with Crippen molar-refractivity contribution in [2.75, 3.05) is 39.9 Å². The molecule has 0 spiro atoms. The number of hydrogen-bond donors (Lipinski definition) is 1. The van der Waals surface area contributed by atoms with Crippen molar-refractivity contribution in [3.05, 3.63) is 60.2 Å². The Balaban J connectivity index is 1.45. The van der Waals surface area contributed by atoms with Crippen LogP contribution in [0.25, 0.3) is 10.9 Å². The van der Waals surface area contributed by atoms with Gasteiger partial charge in [0, 0.05) is 63.4 Å². The molecule has 1 saturated heterocycles. The summed E-state index contributed by atoms with van der Waals surface area (Å²) in [7, 11) is 1.63. The number of hydrogen-bond acceptors (Lipinski definition) is 6. The van der Waals surface area contributed by atoms with E-state index in [1.54, 1.807) is 36.6 Å². The van der Waals surface area contributed by atoms with Crippen LogP contribution in [0, 0.1) is 4.77 Å². The average molecular weight is 493 g/mol. The maximum atomic E-state index is 13.1. The van der Waals surface area contributed by atoms with E-state index in [0.717, 1.165) is 24.0 Å². The quantitative estimate of drug-likeness (QED) is 0.401. The highest BCUT2D eigenvalue weighted by atomic mass is 35.5. The third kappa shape index (κ3) is 5.13. The fourth-order valence-electron chi connectivity index (χ4n) is 3.91. The summed E-state index contributed by atoms with van der Waals surface area (Å²) in [6, 6.07) is 9.13. The van der Waals surface area contributed by atoms with Crippen molar-refractivity contribution in [3.63, 3.8) is 0 Å². The summed E-state index contributed by atoms with van der Waals surface area (Å²) in [5.41, 5.74) is 0.987. The number of methoxy groups -OCH3 is 1. The first-order valence-electron chi connectivity index (χ1n) is 10.5. The van der Waals surface area contributed by atoms with Crippen LogP contribution in [0.3, 0.4) is 0 Å². The summed E-state index contributed by atoms with van der Waals surface area (Å²) in [4.78, 5) is 34.4. The first-order chi connectivity index (χ1) is 15.5. The molecule has 1 aliphatic heterocycles. The van der Waals surface area contributed by atoms with Gasteiger partial charge in [0.25, 0.3) is 11.5 Å². The molecule has 3 aromatic rings. The van der Waals surface area contributed by atoms with E-state index >= 15 is 0 Å². The van der Waals surface area contributed by atoms with Gasteiger partial charge < -0.3 is 14.6 Å². The number of aromatic nitrogens is 2. The number of H-pyrrole nitrogens is 1. The van der Waals surface area contributed by atoms with Crippen LogP contribution in [0.2, 0.25) is 4.34 Å². The van der Waals surface area contributed by atoms with Crippen LogP contribution >= 0.6 is 35.2 Å². The molecule has 0 saturated carbocycles. The van der Waals surface area contributed by atoms with Gasteiger partial charge in [0.1, 0.15) is 0 Å². The van der Waals surface area contributed by atoms with Gasteiger partial charge in [-0.15, -0.1) is 11.3 Å². The van der Waals surface area contributed by atoms with Crippen LogP contribution in [-0.2, 0) is 17.8 Å². The molecule has 170 valence electrons. The second kappa shape index (κ2) is 10.3. The Morgan fingerprint density at radius 2 is 2.00 bits per heavy atom. The zero-order chi connectivity index (χ0) is 22.7. The number of carbonyl (C=O) groups is 1. The largest absolute Gasteiger partial charge is 0.385 e. The second-order valence-electron chi connectivity index (χ2n) is 7.77. The Labute approximate surface area is 200 Å². The number of benzene rings is 1. The number of rotatable bonds is 7. The van der Waals surface area contributed by atoms with E-state index < -0.39 is 0 Å². The summed E-state index contributed by atoms with van der Waals surface area (Å²) in [5, 5.41) is 0.520. The number of thiophene rings is 1. The minimum absolute atomic E-state index is 0.0330. The van der Waals surface area contributed by atoms with Crippen LogP contribution in [-0.4, -0.2) is 65.2 Å². The topological polar surface area (TPSA) is 70.6 Å². The number of nitrogens with one attached hydrogen (secondary N) is 1. The van der Waals surface area contributed by atoms with Crippen molar-refractivity contribution < 1.29 is 9.53 Å². The van der Waals surface area contributed by atoms with Crippen molar-refractivity contribution >= 4 is 52.0 Å². The van der Waals surface area contributed by atoms with E-state index in [4.69, 9.17) is 28.6 Å². The molecule has 3 heterocycles. The summed E-state index contributed by atoms with van der Waals surface area (Å²) in [6.45, 7) is 4.83. The standard InChI is InChI=1S/C22H25ClN4O3S2/c1-30-12-2-7-27-21(29)17-5-3-15(13-18(17)24-22(27)31)20(28)26-10-8-25(9-11-26)14-16-4-6-19(23)32-16/h3-6,13H,2,7-12,14H2,1H3,(H,24,31). The van der Waals surface area contributed by atoms with E-state index in [9.17, 15) is 9.59 Å². The lowest BCUT2D eigenvalue weighted by Gasteiger charge is -2.34. The van der Waals surface area contributed by atoms with Gasteiger partial charge in [-0.2, -0.15) is 0 Å². The molecular formula is C22H25ClN4O3S2. The molecular weight excluding hydrogens is 468 g/mol. The number of fused-ring (bicyclic) bond motifs is 1. The highest BCUT2D eigenvalue weighted by Crippen LogP contribution is 2.23. The average Bonchev–Trinajstić information content (AvgIpc) is 3.20. The third-order valence-corrected chi connectivity index (χ3v) is 7.17. The maximum Gasteiger partial charge on any atom is 0.262 e. The Hall–Kier alpha value is -2.04. The number of aromatic amines is 1. The van der Waals surface area contributed by atoms with Crippen LogP contribution < -0.4 is 5.56 Å². The Kier molecular flexibility index (Phi) is 7.42. The molecule has 1 aliphatic rings. The van der Waals surface area contributed by atoms with E-state index in [2.05, 4.69) is 16.0 Å². The lowest BCUT2D eigenvalue weighted by Crippen LogP contribution is -2.48. The lowest BCUT2D eigenvalue weighted by atomic mass is 10.1. The number of amides is 1. The van der Waals surface area contributed by atoms with Crippen molar-refractivity contribution in [2.45, 2.75) is 19.5 Å². The molecule has 2 aromatic heterocycles. The van der Waals surface area contributed by atoms with Gasteiger partial charge >= 0.3 is 0 Å². The van der Waals surface area contributed by atoms with Crippen LogP contribution in [0.15, 0.2) is 35.1 Å². The van der Waals surface area contributed by atoms with E-state index in [1.165, 1.54) is 9.44 Å². The number of halogens is 1. The van der Waals surface area contributed by atoms with Gasteiger partial charge in [-0.25, -0.2) is 0 Å². The summed E-state index contributed by atoms with van der Waals surface area (Å²) in [6.07, 6.45) is 0.696. The molecule has 1 fully saturated rings. The highest BCUT2D eigenvalue weighted by Gasteiger charge is 2.23. The molecule has 0 atom stereocenters. The molecule has 0 aliphatic carbocycles. The second-order valence-corrected chi connectivity index (χ2v) is 9.95. The van der Waals surface area contributed by atoms with Crippen LogP contribution in [0.4, 0.5) is 0 Å². The van der Waals surface area contributed by atoms with Crippen LogP contribution in [0.1, 0.15) is 21.7 Å². The van der Waals surface area contributed by atoms with Crippen molar-refractivity contribution in [2.24, 2.45) is 0 Å². The monoisotopic (exact) mass is 492 g/mol. The van der Waals surface area contributed by atoms with E-state index in [0.29, 0.717) is 53.9 Å². The minimum Gasteiger partial charge on any atom is -0.385 e. The fraction of sp³-hybridized carbons (Fsp3) is 0.409. The smallest absolute Gasteiger partial charge is 0.262 e.